The van der Waals surface area contributed by atoms with E-state index in [0.29, 0.717) is 11.3 Å². The van der Waals surface area contributed by atoms with Crippen molar-refractivity contribution in [2.24, 2.45) is 11.5 Å². The molecule has 1 amide bonds. The molecular weight excluding hydrogens is 273 g/mol. The molecule has 0 unspecified atom stereocenters. The van der Waals surface area contributed by atoms with Crippen molar-refractivity contribution in [3.8, 4) is 0 Å². The first kappa shape index (κ1) is 16.2. The van der Waals surface area contributed by atoms with E-state index in [9.17, 15) is 18.0 Å². The molecular formula is C12H17F3N4O. The molecule has 0 aromatic carbocycles. The molecule has 8 heteroatoms. The zero-order chi connectivity index (χ0) is 15.5. The molecule has 112 valence electrons. The van der Waals surface area contributed by atoms with Crippen molar-refractivity contribution in [2.45, 2.75) is 20.0 Å². The van der Waals surface area contributed by atoms with Gasteiger partial charge in [-0.3, -0.25) is 4.79 Å². The lowest BCUT2D eigenvalue weighted by atomic mass is 10.1. The monoisotopic (exact) mass is 290 g/mol. The first-order chi connectivity index (χ1) is 9.15. The van der Waals surface area contributed by atoms with Crippen LogP contribution in [0.25, 0.3) is 0 Å². The third-order valence-corrected chi connectivity index (χ3v) is 2.64. The number of aryl methyl sites for hydroxylation is 2. The van der Waals surface area contributed by atoms with Crippen LogP contribution < -0.4 is 16.4 Å². The number of pyridine rings is 1. The zero-order valence-electron chi connectivity index (χ0n) is 11.3. The zero-order valence-corrected chi connectivity index (χ0v) is 11.3. The number of carbonyl (C=O) groups is 1. The maximum Gasteiger partial charge on any atom is 0.405 e. The van der Waals surface area contributed by atoms with Crippen molar-refractivity contribution in [2.75, 3.05) is 24.5 Å². The lowest BCUT2D eigenvalue weighted by molar-refractivity contribution is -0.119. The van der Waals surface area contributed by atoms with Crippen LogP contribution >= 0.6 is 0 Å². The number of amides is 1. The second kappa shape index (κ2) is 6.08. The number of nitrogens with zero attached hydrogens (tertiary/aromatic N) is 2. The van der Waals surface area contributed by atoms with Gasteiger partial charge in [-0.15, -0.1) is 0 Å². The Bertz CT molecular complexity index is 502. The van der Waals surface area contributed by atoms with E-state index in [2.05, 4.69) is 4.98 Å². The van der Waals surface area contributed by atoms with Gasteiger partial charge in [-0.05, 0) is 25.5 Å². The molecule has 4 N–H and O–H groups in total. The quantitative estimate of drug-likeness (QED) is 0.851. The van der Waals surface area contributed by atoms with Crippen LogP contribution in [0.15, 0.2) is 6.07 Å². The Balaban J connectivity index is 3.34. The number of carbonyl (C=O) groups excluding carboxylic acids is 1. The molecule has 0 bridgehead atoms. The van der Waals surface area contributed by atoms with Crippen LogP contribution in [-0.2, 0) is 0 Å². The van der Waals surface area contributed by atoms with Crippen LogP contribution in [0, 0.1) is 13.8 Å². The fourth-order valence-corrected chi connectivity index (χ4v) is 1.98. The predicted molar refractivity (Wildman–Crippen MR) is 69.6 cm³/mol. The number of nitrogens with two attached hydrogens (primary N) is 2. The normalized spacial score (nSPS) is 11.5. The van der Waals surface area contributed by atoms with Gasteiger partial charge in [0.15, 0.2) is 0 Å². The fourth-order valence-electron chi connectivity index (χ4n) is 1.98. The summed E-state index contributed by atoms with van der Waals surface area (Å²) in [5.41, 5.74) is 11.6. The molecule has 0 fully saturated rings. The lowest BCUT2D eigenvalue weighted by Gasteiger charge is -2.26. The van der Waals surface area contributed by atoms with Gasteiger partial charge in [0.2, 0.25) is 0 Å². The number of hydrogen-bond acceptors (Lipinski definition) is 4. The maximum absolute atomic E-state index is 12.6. The summed E-state index contributed by atoms with van der Waals surface area (Å²) in [4.78, 5) is 16.4. The van der Waals surface area contributed by atoms with E-state index >= 15 is 0 Å². The van der Waals surface area contributed by atoms with Gasteiger partial charge < -0.3 is 16.4 Å². The summed E-state index contributed by atoms with van der Waals surface area (Å²) in [7, 11) is 0. The van der Waals surface area contributed by atoms with Crippen molar-refractivity contribution in [3.63, 3.8) is 0 Å². The molecule has 0 aliphatic heterocycles. The van der Waals surface area contributed by atoms with Crippen LogP contribution in [0.1, 0.15) is 21.6 Å². The average Bonchev–Trinajstić information content (AvgIpc) is 2.24. The first-order valence-corrected chi connectivity index (χ1v) is 5.95. The summed E-state index contributed by atoms with van der Waals surface area (Å²) < 4.78 is 37.9. The highest BCUT2D eigenvalue weighted by atomic mass is 19.4. The van der Waals surface area contributed by atoms with E-state index in [1.165, 1.54) is 0 Å². The van der Waals surface area contributed by atoms with Crippen molar-refractivity contribution < 1.29 is 18.0 Å². The summed E-state index contributed by atoms with van der Waals surface area (Å²) in [5.74, 6) is -0.882. The van der Waals surface area contributed by atoms with E-state index in [1.807, 2.05) is 0 Å². The molecule has 1 rings (SSSR count). The number of primary amides is 1. The third-order valence-electron chi connectivity index (χ3n) is 2.64. The van der Waals surface area contributed by atoms with Gasteiger partial charge >= 0.3 is 6.18 Å². The van der Waals surface area contributed by atoms with Gasteiger partial charge in [-0.25, -0.2) is 4.98 Å². The van der Waals surface area contributed by atoms with E-state index < -0.39 is 18.6 Å². The molecule has 1 aromatic heterocycles. The maximum atomic E-state index is 12.6. The molecule has 0 saturated carbocycles. The predicted octanol–water partition coefficient (Wildman–Crippen LogP) is 1.12. The molecule has 0 spiro atoms. The fraction of sp³-hybridized carbons (Fsp3) is 0.500. The Morgan fingerprint density at radius 3 is 2.45 bits per heavy atom. The summed E-state index contributed by atoms with van der Waals surface area (Å²) in [6.45, 7) is 1.93. The number of aromatic nitrogens is 1. The van der Waals surface area contributed by atoms with Gasteiger partial charge in [0.25, 0.3) is 5.91 Å². The van der Waals surface area contributed by atoms with Gasteiger partial charge in [0.05, 0.1) is 5.56 Å². The van der Waals surface area contributed by atoms with Crippen LogP contribution in [-0.4, -0.2) is 36.7 Å². The van der Waals surface area contributed by atoms with Crippen molar-refractivity contribution in [1.82, 2.24) is 4.98 Å². The van der Waals surface area contributed by atoms with Crippen molar-refractivity contribution in [3.05, 3.63) is 22.9 Å². The summed E-state index contributed by atoms with van der Waals surface area (Å²) in [6.07, 6.45) is -4.43. The Morgan fingerprint density at radius 1 is 1.40 bits per heavy atom. The largest absolute Gasteiger partial charge is 0.405 e. The Labute approximate surface area is 114 Å². The second-order valence-corrected chi connectivity index (χ2v) is 4.47. The van der Waals surface area contributed by atoms with E-state index in [0.717, 1.165) is 4.90 Å². The second-order valence-electron chi connectivity index (χ2n) is 4.47. The standard InChI is InChI=1S/C12H17F3N4O/c1-7-5-8(2)18-11(9(7)10(17)20)19(4-3-16)6-12(13,14)15/h5H,3-4,6,16H2,1-2H3,(H2,17,20). The number of alkyl halides is 3. The van der Waals surface area contributed by atoms with E-state index in [-0.39, 0.29) is 24.5 Å². The topological polar surface area (TPSA) is 85.2 Å². The number of halogens is 3. The molecule has 1 heterocycles. The summed E-state index contributed by atoms with van der Waals surface area (Å²) >= 11 is 0. The minimum atomic E-state index is -4.43. The van der Waals surface area contributed by atoms with Crippen molar-refractivity contribution in [1.29, 1.82) is 0 Å². The molecule has 20 heavy (non-hydrogen) atoms. The smallest absolute Gasteiger partial charge is 0.365 e. The van der Waals surface area contributed by atoms with Gasteiger partial charge in [-0.2, -0.15) is 13.2 Å². The molecule has 0 radical (unpaired) electrons. The number of anilines is 1. The lowest BCUT2D eigenvalue weighted by Crippen LogP contribution is -2.39. The van der Waals surface area contributed by atoms with E-state index in [1.54, 1.807) is 19.9 Å². The molecule has 5 nitrogen and oxygen atoms in total. The van der Waals surface area contributed by atoms with Crippen LogP contribution in [0.4, 0.5) is 19.0 Å². The molecule has 0 saturated heterocycles. The SMILES string of the molecule is Cc1cc(C)c(C(N)=O)c(N(CCN)CC(F)(F)F)n1. The highest BCUT2D eigenvalue weighted by Crippen LogP contribution is 2.25. The minimum absolute atomic E-state index is 0.00293. The first-order valence-electron chi connectivity index (χ1n) is 5.95. The van der Waals surface area contributed by atoms with Crippen LogP contribution in [0.2, 0.25) is 0 Å². The summed E-state index contributed by atoms with van der Waals surface area (Å²) in [5, 5.41) is 0. The third kappa shape index (κ3) is 4.09. The Morgan fingerprint density at radius 2 is 2.00 bits per heavy atom. The van der Waals surface area contributed by atoms with Gasteiger partial charge in [0, 0.05) is 18.8 Å². The number of hydrogen-bond donors (Lipinski definition) is 2. The molecule has 0 atom stereocenters. The Hall–Kier alpha value is -1.83. The van der Waals surface area contributed by atoms with Crippen LogP contribution in [0.5, 0.6) is 0 Å². The highest BCUT2D eigenvalue weighted by molar-refractivity contribution is 5.99. The summed E-state index contributed by atoms with van der Waals surface area (Å²) in [6, 6.07) is 1.60. The number of rotatable bonds is 5. The minimum Gasteiger partial charge on any atom is -0.365 e. The molecule has 0 aliphatic carbocycles. The van der Waals surface area contributed by atoms with Crippen molar-refractivity contribution >= 4 is 11.7 Å². The average molecular weight is 290 g/mol. The highest BCUT2D eigenvalue weighted by Gasteiger charge is 2.33. The van der Waals surface area contributed by atoms with Gasteiger partial charge in [-0.1, -0.05) is 0 Å². The Kier molecular flexibility index (Phi) is 4.93. The van der Waals surface area contributed by atoms with Gasteiger partial charge in [0.1, 0.15) is 12.4 Å². The molecule has 0 aliphatic rings. The van der Waals surface area contributed by atoms with Crippen LogP contribution in [0.3, 0.4) is 0 Å². The molecule has 1 aromatic rings. The van der Waals surface area contributed by atoms with E-state index in [4.69, 9.17) is 11.5 Å².